The number of amides is 2. The van der Waals surface area contributed by atoms with Crippen molar-refractivity contribution in [2.45, 2.75) is 38.7 Å². The van der Waals surface area contributed by atoms with Crippen molar-refractivity contribution in [3.05, 3.63) is 35.4 Å². The Bertz CT molecular complexity index is 854. The van der Waals surface area contributed by atoms with Gasteiger partial charge in [-0.1, -0.05) is 12.2 Å². The highest BCUT2D eigenvalue weighted by Crippen LogP contribution is 2.27. The third-order valence-corrected chi connectivity index (χ3v) is 5.83. The van der Waals surface area contributed by atoms with Crippen LogP contribution < -0.4 is 0 Å². The van der Waals surface area contributed by atoms with Gasteiger partial charge in [-0.3, -0.25) is 9.59 Å². The maximum Gasteiger partial charge on any atom is 0.270 e. The third kappa shape index (κ3) is 3.53. The maximum atomic E-state index is 13.2. The molecule has 2 aromatic heterocycles. The van der Waals surface area contributed by atoms with E-state index in [0.29, 0.717) is 31.9 Å². The van der Waals surface area contributed by atoms with Gasteiger partial charge in [-0.05, 0) is 38.3 Å². The van der Waals surface area contributed by atoms with Gasteiger partial charge in [0.2, 0.25) is 5.91 Å². The Morgan fingerprint density at radius 2 is 2.15 bits per heavy atom. The molecule has 0 bridgehead atoms. The fraction of sp³-hybridized carbons (Fsp3) is 0.474. The molecule has 1 aliphatic rings. The number of aromatic nitrogens is 1. The zero-order valence-electron chi connectivity index (χ0n) is 15.4. The van der Waals surface area contributed by atoms with Crippen LogP contribution in [0, 0.1) is 0 Å². The van der Waals surface area contributed by atoms with Crippen LogP contribution in [0.1, 0.15) is 31.3 Å². The number of thiophene rings is 1. The number of hydrogen-bond acceptors (Lipinski definition) is 3. The van der Waals surface area contributed by atoms with E-state index < -0.39 is 5.38 Å². The molecule has 0 N–H and O–H groups in total. The summed E-state index contributed by atoms with van der Waals surface area (Å²) >= 11 is 7.57. The van der Waals surface area contributed by atoms with Gasteiger partial charge in [0.15, 0.2) is 0 Å². The van der Waals surface area contributed by atoms with Gasteiger partial charge in [0.25, 0.3) is 5.91 Å². The number of fused-ring (bicyclic) bond motifs is 1. The van der Waals surface area contributed by atoms with Gasteiger partial charge in [-0.15, -0.1) is 22.9 Å². The number of carbonyl (C=O) groups excluding carboxylic acids is 2. The number of piperazine rings is 1. The zero-order chi connectivity index (χ0) is 19.0. The fourth-order valence-corrected chi connectivity index (χ4v) is 4.46. The summed E-state index contributed by atoms with van der Waals surface area (Å²) in [5.74, 6) is -0.0649. The van der Waals surface area contributed by atoms with E-state index in [1.54, 1.807) is 23.2 Å². The van der Waals surface area contributed by atoms with Crippen LogP contribution in [0.5, 0.6) is 0 Å². The quantitative estimate of drug-likeness (QED) is 0.588. The van der Waals surface area contributed by atoms with Gasteiger partial charge in [-0.25, -0.2) is 0 Å². The summed E-state index contributed by atoms with van der Waals surface area (Å²) in [7, 11) is 0. The molecule has 0 aromatic carbocycles. The summed E-state index contributed by atoms with van der Waals surface area (Å²) in [6.45, 7) is 11.8. The lowest BCUT2D eigenvalue weighted by molar-refractivity contribution is -0.134. The number of halogens is 1. The van der Waals surface area contributed by atoms with E-state index >= 15 is 0 Å². The number of allylic oxidation sites excluding steroid dienone is 1. The Balaban J connectivity index is 1.82. The minimum absolute atomic E-state index is 0.00696. The topological polar surface area (TPSA) is 45.6 Å². The molecule has 3 heterocycles. The van der Waals surface area contributed by atoms with E-state index in [1.165, 1.54) is 0 Å². The fourth-order valence-electron chi connectivity index (χ4n) is 3.44. The predicted octanol–water partition coefficient (Wildman–Crippen LogP) is 3.58. The third-order valence-electron chi connectivity index (χ3n) is 4.69. The van der Waals surface area contributed by atoms with Crippen LogP contribution in [0.4, 0.5) is 0 Å². The molecule has 0 unspecified atom stereocenters. The first-order valence-corrected chi connectivity index (χ1v) is 10.1. The van der Waals surface area contributed by atoms with Gasteiger partial charge in [0, 0.05) is 37.6 Å². The Morgan fingerprint density at radius 3 is 2.77 bits per heavy atom. The normalized spacial score (nSPS) is 19.0. The van der Waals surface area contributed by atoms with Crippen molar-refractivity contribution in [2.75, 3.05) is 19.6 Å². The average molecular weight is 394 g/mol. The lowest BCUT2D eigenvalue weighted by Gasteiger charge is -2.40. The summed E-state index contributed by atoms with van der Waals surface area (Å²) < 4.78 is 2.05. The van der Waals surface area contributed by atoms with Crippen molar-refractivity contribution >= 4 is 45.0 Å². The molecule has 26 heavy (non-hydrogen) atoms. The van der Waals surface area contributed by atoms with Crippen LogP contribution in [0.3, 0.4) is 0 Å². The number of nitrogens with zero attached hydrogens (tertiary/aromatic N) is 3. The second kappa shape index (κ2) is 7.45. The Labute approximate surface area is 162 Å². The summed E-state index contributed by atoms with van der Waals surface area (Å²) in [6, 6.07) is 3.94. The number of rotatable bonds is 4. The first kappa shape index (κ1) is 19.0. The maximum absolute atomic E-state index is 13.2. The Kier molecular flexibility index (Phi) is 5.44. The molecule has 1 fully saturated rings. The highest BCUT2D eigenvalue weighted by atomic mass is 35.5. The summed E-state index contributed by atoms with van der Waals surface area (Å²) in [5, 5.41) is 2.57. The minimum atomic E-state index is -0.542. The van der Waals surface area contributed by atoms with Crippen molar-refractivity contribution in [3.8, 4) is 0 Å². The largest absolute Gasteiger partial charge is 0.335 e. The van der Waals surface area contributed by atoms with E-state index in [4.69, 9.17) is 11.6 Å². The molecule has 1 saturated heterocycles. The Morgan fingerprint density at radius 1 is 1.42 bits per heavy atom. The van der Waals surface area contributed by atoms with E-state index in [2.05, 4.69) is 6.58 Å². The van der Waals surface area contributed by atoms with E-state index in [1.807, 2.05) is 40.8 Å². The predicted molar refractivity (Wildman–Crippen MR) is 107 cm³/mol. The highest BCUT2D eigenvalue weighted by molar-refractivity contribution is 7.16. The molecule has 140 valence electrons. The summed E-state index contributed by atoms with van der Waals surface area (Å²) in [6.07, 6.45) is 0. The van der Waals surface area contributed by atoms with Crippen LogP contribution >= 0.6 is 22.9 Å². The lowest BCUT2D eigenvalue weighted by Crippen LogP contribution is -2.56. The molecule has 2 aromatic rings. The standard InChI is InChI=1S/C19H24ClN3O2S/c1-12(2)10-23-16(9-15-5-8-26-19(15)23)18(25)21-6-7-22(13(3)11-21)17(24)14(4)20/h5,8-9,13-14H,1,6-7,10-11H2,2-4H3/t13-,14-/m1/s1. The smallest absolute Gasteiger partial charge is 0.270 e. The second-order valence-corrected chi connectivity index (χ2v) is 8.55. The molecule has 5 nitrogen and oxygen atoms in total. The van der Waals surface area contributed by atoms with Crippen molar-refractivity contribution in [1.29, 1.82) is 0 Å². The molecule has 0 radical (unpaired) electrons. The van der Waals surface area contributed by atoms with Crippen molar-refractivity contribution < 1.29 is 9.59 Å². The van der Waals surface area contributed by atoms with Crippen LogP contribution in [0.25, 0.3) is 10.2 Å². The molecular weight excluding hydrogens is 370 g/mol. The molecule has 0 aliphatic carbocycles. The van der Waals surface area contributed by atoms with Gasteiger partial charge in [-0.2, -0.15) is 0 Å². The van der Waals surface area contributed by atoms with Crippen molar-refractivity contribution in [3.63, 3.8) is 0 Å². The number of carbonyl (C=O) groups is 2. The molecule has 0 spiro atoms. The SMILES string of the molecule is C=C(C)Cn1c(C(=O)N2CCN(C(=O)[C@@H](C)Cl)[C@H](C)C2)cc2ccsc21. The second-order valence-electron chi connectivity index (χ2n) is 7.00. The summed E-state index contributed by atoms with van der Waals surface area (Å²) in [5.41, 5.74) is 1.69. The van der Waals surface area contributed by atoms with Crippen LogP contribution in [0.15, 0.2) is 29.7 Å². The van der Waals surface area contributed by atoms with Crippen LogP contribution in [0.2, 0.25) is 0 Å². The molecular formula is C19H24ClN3O2S. The first-order valence-electron chi connectivity index (χ1n) is 8.74. The van der Waals surface area contributed by atoms with Crippen LogP contribution in [-0.4, -0.2) is 57.2 Å². The van der Waals surface area contributed by atoms with Crippen LogP contribution in [-0.2, 0) is 11.3 Å². The highest BCUT2D eigenvalue weighted by Gasteiger charge is 2.32. The molecule has 2 amide bonds. The summed E-state index contributed by atoms with van der Waals surface area (Å²) in [4.78, 5) is 30.1. The molecule has 3 rings (SSSR count). The van der Waals surface area contributed by atoms with Crippen molar-refractivity contribution in [2.24, 2.45) is 0 Å². The van der Waals surface area contributed by atoms with Crippen molar-refractivity contribution in [1.82, 2.24) is 14.4 Å². The van der Waals surface area contributed by atoms with Gasteiger partial charge in [0.1, 0.15) is 15.9 Å². The minimum Gasteiger partial charge on any atom is -0.335 e. The van der Waals surface area contributed by atoms with Gasteiger partial charge in [0.05, 0.1) is 0 Å². The number of alkyl halides is 1. The molecule has 0 saturated carbocycles. The first-order chi connectivity index (χ1) is 12.3. The van der Waals surface area contributed by atoms with E-state index in [9.17, 15) is 9.59 Å². The average Bonchev–Trinajstić information content (AvgIpc) is 3.15. The number of hydrogen-bond donors (Lipinski definition) is 0. The monoisotopic (exact) mass is 393 g/mol. The Hall–Kier alpha value is -1.79. The molecule has 1 aliphatic heterocycles. The van der Waals surface area contributed by atoms with E-state index in [-0.39, 0.29) is 17.9 Å². The molecule has 2 atom stereocenters. The van der Waals surface area contributed by atoms with Gasteiger partial charge >= 0.3 is 0 Å². The van der Waals surface area contributed by atoms with E-state index in [0.717, 1.165) is 15.8 Å². The lowest BCUT2D eigenvalue weighted by atomic mass is 10.1. The van der Waals surface area contributed by atoms with Gasteiger partial charge < -0.3 is 14.4 Å². The zero-order valence-corrected chi connectivity index (χ0v) is 16.9. The molecule has 7 heteroatoms.